The third kappa shape index (κ3) is 4.43. The van der Waals surface area contributed by atoms with E-state index in [0.717, 1.165) is 16.9 Å². The molecule has 0 N–H and O–H groups in total. The number of aromatic nitrogens is 3. The van der Waals surface area contributed by atoms with Crippen LogP contribution in [0.3, 0.4) is 0 Å². The third-order valence-corrected chi connectivity index (χ3v) is 4.98. The Bertz CT molecular complexity index is 1130. The molecule has 9 nitrogen and oxygen atoms in total. The van der Waals surface area contributed by atoms with E-state index >= 15 is 0 Å². The van der Waals surface area contributed by atoms with Gasteiger partial charge in [-0.3, -0.25) is 4.79 Å². The summed E-state index contributed by atoms with van der Waals surface area (Å²) in [5.74, 6) is -0.697. The van der Waals surface area contributed by atoms with Gasteiger partial charge in [-0.1, -0.05) is 11.6 Å². The summed E-state index contributed by atoms with van der Waals surface area (Å²) in [7, 11) is 0. The van der Waals surface area contributed by atoms with E-state index in [0.29, 0.717) is 13.1 Å². The lowest BCUT2D eigenvalue weighted by atomic mass is 10.2. The molecule has 31 heavy (non-hydrogen) atoms. The van der Waals surface area contributed by atoms with Crippen molar-refractivity contribution in [1.29, 1.82) is 0 Å². The zero-order valence-corrected chi connectivity index (χ0v) is 16.6. The number of amides is 1. The molecule has 4 heterocycles. The largest absolute Gasteiger partial charge is 0.459 e. The van der Waals surface area contributed by atoms with E-state index in [1.807, 2.05) is 0 Å². The molecule has 1 aliphatic heterocycles. The summed E-state index contributed by atoms with van der Waals surface area (Å²) < 4.78 is 49.3. The summed E-state index contributed by atoms with van der Waals surface area (Å²) >= 11 is 5.99. The van der Waals surface area contributed by atoms with Crippen molar-refractivity contribution < 1.29 is 26.8 Å². The number of alkyl halides is 3. The van der Waals surface area contributed by atoms with Gasteiger partial charge in [0.25, 0.3) is 5.89 Å². The highest BCUT2D eigenvalue weighted by Gasteiger charge is 2.32. The lowest BCUT2D eigenvalue weighted by molar-refractivity contribution is -0.138. The molecule has 13 heteroatoms. The predicted molar refractivity (Wildman–Crippen MR) is 102 cm³/mol. The maximum absolute atomic E-state index is 12.8. The van der Waals surface area contributed by atoms with Crippen LogP contribution in [0.2, 0.25) is 5.02 Å². The van der Waals surface area contributed by atoms with Crippen molar-refractivity contribution in [1.82, 2.24) is 19.7 Å². The normalized spacial score (nSPS) is 14.8. The molecule has 0 radical (unpaired) electrons. The minimum atomic E-state index is -4.53. The monoisotopic (exact) mass is 457 g/mol. The Kier molecular flexibility index (Phi) is 5.48. The molecule has 0 bridgehead atoms. The number of carbonyl (C=O) groups is 1. The Labute approximate surface area is 177 Å². The number of anilines is 1. The third-order valence-electron chi connectivity index (χ3n) is 4.70. The molecule has 0 spiro atoms. The van der Waals surface area contributed by atoms with Crippen molar-refractivity contribution in [2.75, 3.05) is 31.1 Å². The maximum Gasteiger partial charge on any atom is 0.437 e. The predicted octanol–water partition coefficient (Wildman–Crippen LogP) is 2.51. The Balaban J connectivity index is 1.38. The van der Waals surface area contributed by atoms with Crippen LogP contribution < -0.4 is 10.7 Å². The highest BCUT2D eigenvalue weighted by atomic mass is 35.5. The maximum atomic E-state index is 12.8. The summed E-state index contributed by atoms with van der Waals surface area (Å²) in [6, 6.07) is 4.00. The van der Waals surface area contributed by atoms with E-state index in [1.54, 1.807) is 17.0 Å². The van der Waals surface area contributed by atoms with Gasteiger partial charge in [0.05, 0.1) is 16.8 Å². The van der Waals surface area contributed by atoms with Gasteiger partial charge in [-0.25, -0.2) is 9.78 Å². The van der Waals surface area contributed by atoms with E-state index in [2.05, 4.69) is 10.1 Å². The van der Waals surface area contributed by atoms with Crippen LogP contribution in [0, 0.1) is 0 Å². The van der Waals surface area contributed by atoms with Gasteiger partial charge in [-0.05, 0) is 18.2 Å². The first-order valence-corrected chi connectivity index (χ1v) is 9.47. The Hall–Kier alpha value is -3.28. The second-order valence-electron chi connectivity index (χ2n) is 6.70. The zero-order valence-electron chi connectivity index (χ0n) is 15.8. The molecule has 1 fully saturated rings. The molecule has 1 amide bonds. The van der Waals surface area contributed by atoms with E-state index < -0.39 is 17.5 Å². The van der Waals surface area contributed by atoms with Crippen LogP contribution in [0.1, 0.15) is 5.56 Å². The van der Waals surface area contributed by atoms with Crippen molar-refractivity contribution in [3.8, 4) is 11.7 Å². The van der Waals surface area contributed by atoms with Gasteiger partial charge in [-0.2, -0.15) is 17.9 Å². The molecule has 0 atom stereocenters. The van der Waals surface area contributed by atoms with Crippen molar-refractivity contribution in [2.24, 2.45) is 0 Å². The highest BCUT2D eigenvalue weighted by Crippen LogP contribution is 2.33. The van der Waals surface area contributed by atoms with Crippen LogP contribution in [-0.2, 0) is 17.5 Å². The second-order valence-corrected chi connectivity index (χ2v) is 7.11. The summed E-state index contributed by atoms with van der Waals surface area (Å²) in [4.78, 5) is 31.5. The topological polar surface area (TPSA) is 97.6 Å². The van der Waals surface area contributed by atoms with Crippen molar-refractivity contribution in [3.05, 3.63) is 51.8 Å². The van der Waals surface area contributed by atoms with Crippen LogP contribution in [0.15, 0.2) is 44.3 Å². The minimum absolute atomic E-state index is 0.0318. The fraction of sp³-hybridized carbons (Fsp3) is 0.333. The number of hydrogen-bond donors (Lipinski definition) is 0. The first-order chi connectivity index (χ1) is 14.7. The molecule has 1 saturated heterocycles. The van der Waals surface area contributed by atoms with Gasteiger partial charge >= 0.3 is 11.9 Å². The van der Waals surface area contributed by atoms with Crippen molar-refractivity contribution in [3.63, 3.8) is 0 Å². The molecular weight excluding hydrogens is 443 g/mol. The second kappa shape index (κ2) is 8.10. The lowest BCUT2D eigenvalue weighted by Crippen LogP contribution is -2.50. The molecule has 0 aliphatic carbocycles. The van der Waals surface area contributed by atoms with E-state index in [9.17, 15) is 22.8 Å². The highest BCUT2D eigenvalue weighted by molar-refractivity contribution is 6.33. The number of pyridine rings is 1. The average Bonchev–Trinajstić information content (AvgIpc) is 3.38. The first-order valence-electron chi connectivity index (χ1n) is 9.09. The fourth-order valence-corrected chi connectivity index (χ4v) is 3.41. The molecule has 3 aromatic rings. The molecule has 0 unspecified atom stereocenters. The number of rotatable bonds is 4. The number of halogens is 4. The molecular formula is C18H15ClF3N5O4. The van der Waals surface area contributed by atoms with Crippen molar-refractivity contribution in [2.45, 2.75) is 12.7 Å². The van der Waals surface area contributed by atoms with Crippen LogP contribution in [-0.4, -0.2) is 51.8 Å². The number of carbonyl (C=O) groups excluding carboxylic acids is 1. The van der Waals surface area contributed by atoms with Gasteiger partial charge in [0.2, 0.25) is 5.91 Å². The molecule has 0 saturated carbocycles. The van der Waals surface area contributed by atoms with Gasteiger partial charge in [0.1, 0.15) is 12.4 Å². The van der Waals surface area contributed by atoms with Gasteiger partial charge < -0.3 is 18.6 Å². The number of furan rings is 1. The summed E-state index contributed by atoms with van der Waals surface area (Å²) in [5.41, 5.74) is -0.929. The summed E-state index contributed by atoms with van der Waals surface area (Å²) in [6.07, 6.45) is -2.40. The average molecular weight is 458 g/mol. The van der Waals surface area contributed by atoms with Crippen LogP contribution in [0.5, 0.6) is 0 Å². The smallest absolute Gasteiger partial charge is 0.437 e. The van der Waals surface area contributed by atoms with Gasteiger partial charge in [-0.15, -0.1) is 5.10 Å². The Morgan fingerprint density at radius 2 is 1.97 bits per heavy atom. The van der Waals surface area contributed by atoms with Gasteiger partial charge in [0, 0.05) is 32.4 Å². The summed E-state index contributed by atoms with van der Waals surface area (Å²) in [6.45, 7) is 0.859. The molecule has 3 aromatic heterocycles. The van der Waals surface area contributed by atoms with Crippen LogP contribution in [0.4, 0.5) is 19.0 Å². The Morgan fingerprint density at radius 3 is 2.58 bits per heavy atom. The zero-order chi connectivity index (χ0) is 22.2. The van der Waals surface area contributed by atoms with E-state index in [-0.39, 0.29) is 48.0 Å². The number of piperazine rings is 1. The quantitative estimate of drug-likeness (QED) is 0.593. The number of hydrogen-bond acceptors (Lipinski definition) is 7. The molecule has 164 valence electrons. The van der Waals surface area contributed by atoms with Crippen LogP contribution >= 0.6 is 11.6 Å². The van der Waals surface area contributed by atoms with E-state index in [1.165, 1.54) is 11.2 Å². The van der Waals surface area contributed by atoms with Crippen molar-refractivity contribution >= 4 is 23.3 Å². The summed E-state index contributed by atoms with van der Waals surface area (Å²) in [5, 5.41) is 3.84. The number of nitrogens with zero attached hydrogens (tertiary/aromatic N) is 5. The molecule has 0 aromatic carbocycles. The standard InChI is InChI=1S/C18H15ClF3N5O4/c19-12-8-11(18(20,21)22)9-23-15(12)26-5-3-25(4-6-26)14(28)10-27-17(29)31-16(24-27)13-2-1-7-30-13/h1-2,7-9H,3-6,10H2. The first kappa shape index (κ1) is 21.0. The minimum Gasteiger partial charge on any atom is -0.459 e. The molecule has 4 rings (SSSR count). The molecule has 1 aliphatic rings. The van der Waals surface area contributed by atoms with E-state index in [4.69, 9.17) is 20.4 Å². The lowest BCUT2D eigenvalue weighted by Gasteiger charge is -2.35. The van der Waals surface area contributed by atoms with Crippen LogP contribution in [0.25, 0.3) is 11.7 Å². The van der Waals surface area contributed by atoms with Gasteiger partial charge in [0.15, 0.2) is 5.76 Å². The SMILES string of the molecule is O=C(Cn1nc(-c2ccco2)oc1=O)N1CCN(c2ncc(C(F)(F)F)cc2Cl)CC1. The fourth-order valence-electron chi connectivity index (χ4n) is 3.12. The Morgan fingerprint density at radius 1 is 1.23 bits per heavy atom.